The molecule has 4 nitrogen and oxygen atoms in total. The van der Waals surface area contributed by atoms with E-state index < -0.39 is 5.97 Å². The Morgan fingerprint density at radius 3 is 2.76 bits per heavy atom. The number of nitrogens with two attached hydrogens (primary N) is 1. The van der Waals surface area contributed by atoms with Crippen LogP contribution in [-0.2, 0) is 4.74 Å². The number of hydrogen-bond donors (Lipinski definition) is 1. The van der Waals surface area contributed by atoms with Crippen molar-refractivity contribution in [2.45, 2.75) is 0 Å². The van der Waals surface area contributed by atoms with Crippen LogP contribution in [-0.4, -0.2) is 19.2 Å². The average molecular weight is 371 g/mol. The molecule has 0 unspecified atom stereocenters. The zero-order valence-corrected chi connectivity index (χ0v) is 13.4. The molecule has 0 radical (unpaired) electrons. The Bertz CT molecular complexity index is 649. The smallest absolute Gasteiger partial charge is 0.340 e. The van der Waals surface area contributed by atoms with Gasteiger partial charge in [-0.3, -0.25) is 0 Å². The number of carbonyl (C=O) groups excluding carboxylic acids is 1. The minimum Gasteiger partial charge on any atom is -0.490 e. The third kappa shape index (κ3) is 4.65. The first-order valence-corrected chi connectivity index (χ1v) is 7.34. The minimum atomic E-state index is -0.521. The number of esters is 1. The lowest BCUT2D eigenvalue weighted by Gasteiger charge is -2.09. The number of rotatable bonds is 5. The average Bonchev–Trinajstić information content (AvgIpc) is 2.46. The van der Waals surface area contributed by atoms with Crippen LogP contribution in [0.25, 0.3) is 0 Å². The van der Waals surface area contributed by atoms with Gasteiger partial charge in [0.2, 0.25) is 0 Å². The molecule has 0 saturated carbocycles. The monoisotopic (exact) mass is 369 g/mol. The van der Waals surface area contributed by atoms with E-state index in [0.29, 0.717) is 16.5 Å². The van der Waals surface area contributed by atoms with Crippen LogP contribution in [0.2, 0.25) is 5.02 Å². The summed E-state index contributed by atoms with van der Waals surface area (Å²) in [5.41, 5.74) is 6.29. The highest BCUT2D eigenvalue weighted by molar-refractivity contribution is 9.10. The highest BCUT2D eigenvalue weighted by Crippen LogP contribution is 2.19. The summed E-state index contributed by atoms with van der Waals surface area (Å²) < 4.78 is 11.5. The molecule has 0 aliphatic heterocycles. The van der Waals surface area contributed by atoms with E-state index in [1.807, 2.05) is 24.3 Å². The fourth-order valence-electron chi connectivity index (χ4n) is 1.63. The maximum absolute atomic E-state index is 11.9. The Morgan fingerprint density at radius 2 is 2.00 bits per heavy atom. The summed E-state index contributed by atoms with van der Waals surface area (Å²) in [4.78, 5) is 11.9. The predicted molar refractivity (Wildman–Crippen MR) is 85.8 cm³/mol. The van der Waals surface area contributed by atoms with E-state index in [1.165, 1.54) is 6.07 Å². The Labute approximate surface area is 135 Å². The van der Waals surface area contributed by atoms with E-state index in [1.54, 1.807) is 12.1 Å². The number of ether oxygens (including phenoxy) is 2. The van der Waals surface area contributed by atoms with Gasteiger partial charge >= 0.3 is 5.97 Å². The predicted octanol–water partition coefficient (Wildman–Crippen LogP) is 3.92. The van der Waals surface area contributed by atoms with Gasteiger partial charge in [0.25, 0.3) is 0 Å². The molecular formula is C15H13BrClNO3. The van der Waals surface area contributed by atoms with Crippen molar-refractivity contribution in [2.24, 2.45) is 0 Å². The zero-order valence-electron chi connectivity index (χ0n) is 11.0. The van der Waals surface area contributed by atoms with Gasteiger partial charge in [-0.05, 0) is 36.4 Å². The number of halogens is 2. The molecule has 0 aromatic heterocycles. The van der Waals surface area contributed by atoms with Crippen molar-refractivity contribution >= 4 is 39.2 Å². The quantitative estimate of drug-likeness (QED) is 0.492. The molecule has 0 bridgehead atoms. The van der Waals surface area contributed by atoms with Crippen molar-refractivity contribution in [1.82, 2.24) is 0 Å². The molecular weight excluding hydrogens is 358 g/mol. The van der Waals surface area contributed by atoms with Gasteiger partial charge in [-0.2, -0.15) is 0 Å². The highest BCUT2D eigenvalue weighted by atomic mass is 79.9. The second-order valence-corrected chi connectivity index (χ2v) is 5.53. The van der Waals surface area contributed by atoms with Crippen LogP contribution in [0.15, 0.2) is 46.9 Å². The summed E-state index contributed by atoms with van der Waals surface area (Å²) in [6.07, 6.45) is 0. The Hall–Kier alpha value is -1.72. The standard InChI is InChI=1S/C15H13BrClNO3/c16-10-2-1-3-12(8-10)20-6-7-21-15(19)13-9-11(17)4-5-14(13)18/h1-5,8-9H,6-7,18H2. The van der Waals surface area contributed by atoms with Crippen molar-refractivity contribution in [3.63, 3.8) is 0 Å². The van der Waals surface area contributed by atoms with Gasteiger partial charge in [-0.25, -0.2) is 4.79 Å². The molecule has 0 aliphatic carbocycles. The summed E-state index contributed by atoms with van der Waals surface area (Å²) in [6, 6.07) is 12.1. The van der Waals surface area contributed by atoms with Gasteiger partial charge < -0.3 is 15.2 Å². The Kier molecular flexibility index (Phi) is 5.47. The molecule has 0 amide bonds. The summed E-state index contributed by atoms with van der Waals surface area (Å²) in [5, 5.41) is 0.432. The lowest BCUT2D eigenvalue weighted by atomic mass is 10.2. The van der Waals surface area contributed by atoms with E-state index in [0.717, 1.165) is 4.47 Å². The van der Waals surface area contributed by atoms with Crippen molar-refractivity contribution < 1.29 is 14.3 Å². The van der Waals surface area contributed by atoms with E-state index >= 15 is 0 Å². The second-order valence-electron chi connectivity index (χ2n) is 4.17. The molecule has 2 N–H and O–H groups in total. The molecule has 2 aromatic carbocycles. The first-order valence-electron chi connectivity index (χ1n) is 6.17. The first kappa shape index (κ1) is 15.7. The van der Waals surface area contributed by atoms with E-state index in [9.17, 15) is 4.79 Å². The van der Waals surface area contributed by atoms with E-state index in [-0.39, 0.29) is 18.8 Å². The number of carbonyl (C=O) groups is 1. The number of anilines is 1. The fraction of sp³-hybridized carbons (Fsp3) is 0.133. The Balaban J connectivity index is 1.83. The van der Waals surface area contributed by atoms with Gasteiger partial charge in [0.1, 0.15) is 19.0 Å². The molecule has 0 atom stereocenters. The van der Waals surface area contributed by atoms with Crippen molar-refractivity contribution in [1.29, 1.82) is 0 Å². The van der Waals surface area contributed by atoms with Crippen LogP contribution < -0.4 is 10.5 Å². The summed E-state index contributed by atoms with van der Waals surface area (Å²) in [6.45, 7) is 0.375. The lowest BCUT2D eigenvalue weighted by Crippen LogP contribution is -2.13. The summed E-state index contributed by atoms with van der Waals surface area (Å²) >= 11 is 9.17. The molecule has 110 valence electrons. The fourth-order valence-corrected chi connectivity index (χ4v) is 2.18. The van der Waals surface area contributed by atoms with Gasteiger partial charge in [0, 0.05) is 15.2 Å². The SMILES string of the molecule is Nc1ccc(Cl)cc1C(=O)OCCOc1cccc(Br)c1. The molecule has 0 spiro atoms. The van der Waals surface area contributed by atoms with Crippen molar-refractivity contribution in [3.05, 3.63) is 57.5 Å². The summed E-state index contributed by atoms with van der Waals surface area (Å²) in [7, 11) is 0. The van der Waals surface area contributed by atoms with Gasteiger partial charge in [-0.1, -0.05) is 33.6 Å². The number of nitrogen functional groups attached to an aromatic ring is 1. The second kappa shape index (κ2) is 7.33. The maximum atomic E-state index is 11.9. The number of benzene rings is 2. The van der Waals surface area contributed by atoms with Crippen molar-refractivity contribution in [2.75, 3.05) is 18.9 Å². The Morgan fingerprint density at radius 1 is 1.19 bits per heavy atom. The van der Waals surface area contributed by atoms with Gasteiger partial charge in [-0.15, -0.1) is 0 Å². The molecule has 2 aromatic rings. The van der Waals surface area contributed by atoms with E-state index in [2.05, 4.69) is 15.9 Å². The topological polar surface area (TPSA) is 61.6 Å². The third-order valence-electron chi connectivity index (χ3n) is 2.62. The number of hydrogen-bond acceptors (Lipinski definition) is 4. The highest BCUT2D eigenvalue weighted by Gasteiger charge is 2.11. The van der Waals surface area contributed by atoms with Crippen LogP contribution in [0, 0.1) is 0 Å². The van der Waals surface area contributed by atoms with Crippen LogP contribution in [0.5, 0.6) is 5.75 Å². The van der Waals surface area contributed by atoms with Crippen molar-refractivity contribution in [3.8, 4) is 5.75 Å². The summed E-state index contributed by atoms with van der Waals surface area (Å²) in [5.74, 6) is 0.176. The van der Waals surface area contributed by atoms with Crippen LogP contribution in [0.1, 0.15) is 10.4 Å². The molecule has 0 saturated heterocycles. The zero-order chi connectivity index (χ0) is 15.2. The molecule has 0 aliphatic rings. The third-order valence-corrected chi connectivity index (χ3v) is 3.34. The lowest BCUT2D eigenvalue weighted by molar-refractivity contribution is 0.0451. The minimum absolute atomic E-state index is 0.122. The normalized spacial score (nSPS) is 10.2. The van der Waals surface area contributed by atoms with Gasteiger partial charge in [0.05, 0.1) is 5.56 Å². The van der Waals surface area contributed by atoms with Crippen LogP contribution in [0.4, 0.5) is 5.69 Å². The molecule has 0 fully saturated rings. The molecule has 6 heteroatoms. The molecule has 0 heterocycles. The van der Waals surface area contributed by atoms with Gasteiger partial charge in [0.15, 0.2) is 0 Å². The van der Waals surface area contributed by atoms with Crippen LogP contribution in [0.3, 0.4) is 0 Å². The maximum Gasteiger partial charge on any atom is 0.340 e. The molecule has 21 heavy (non-hydrogen) atoms. The first-order chi connectivity index (χ1) is 10.1. The van der Waals surface area contributed by atoms with E-state index in [4.69, 9.17) is 26.8 Å². The van der Waals surface area contributed by atoms with Crippen LogP contribution >= 0.6 is 27.5 Å². The molecule has 2 rings (SSSR count). The largest absolute Gasteiger partial charge is 0.490 e.